The predicted octanol–water partition coefficient (Wildman–Crippen LogP) is 0.355. The van der Waals surface area contributed by atoms with E-state index < -0.39 is 10.2 Å². The number of hydrogen-bond acceptors (Lipinski definition) is 5. The largest absolute Gasteiger partial charge is 0.279 e. The van der Waals surface area contributed by atoms with Crippen molar-refractivity contribution in [2.24, 2.45) is 0 Å². The van der Waals surface area contributed by atoms with Gasteiger partial charge in [0.2, 0.25) is 0 Å². The number of rotatable bonds is 6. The zero-order chi connectivity index (χ0) is 15.5. The van der Waals surface area contributed by atoms with Gasteiger partial charge in [0.15, 0.2) is 5.82 Å². The summed E-state index contributed by atoms with van der Waals surface area (Å²) < 4.78 is 30.1. The van der Waals surface area contributed by atoms with Gasteiger partial charge in [-0.15, -0.1) is 0 Å². The van der Waals surface area contributed by atoms with Crippen LogP contribution in [0.25, 0.3) is 0 Å². The number of fused-ring (bicyclic) bond motifs is 1. The van der Waals surface area contributed by atoms with Gasteiger partial charge >= 0.3 is 0 Å². The summed E-state index contributed by atoms with van der Waals surface area (Å²) in [5.74, 6) is 1.41. The van der Waals surface area contributed by atoms with E-state index >= 15 is 0 Å². The first-order chi connectivity index (χ1) is 9.97. The summed E-state index contributed by atoms with van der Waals surface area (Å²) >= 11 is 0. The SMILES string of the molecule is CCc1nc2n(n1)CCC[C@@H]2NS(=O)(=O)N(C)CCC#N. The molecule has 0 aliphatic carbocycles. The standard InChI is InChI=1S/C12H20N6O2S/c1-3-11-14-12-10(6-4-9-18(12)15-11)16-21(19,20)17(2)8-5-7-13/h10,16H,3-6,8-9H2,1-2H3/t10-/m0/s1. The molecule has 0 aromatic carbocycles. The Morgan fingerprint density at radius 3 is 3.00 bits per heavy atom. The van der Waals surface area contributed by atoms with E-state index in [-0.39, 0.29) is 19.0 Å². The molecule has 0 radical (unpaired) electrons. The number of aromatic nitrogens is 3. The summed E-state index contributed by atoms with van der Waals surface area (Å²) in [6.45, 7) is 2.91. The fourth-order valence-electron chi connectivity index (χ4n) is 2.26. The molecule has 2 heterocycles. The highest BCUT2D eigenvalue weighted by Crippen LogP contribution is 2.24. The number of nitrogens with one attached hydrogen (secondary N) is 1. The smallest absolute Gasteiger partial charge is 0.248 e. The van der Waals surface area contributed by atoms with Gasteiger partial charge in [-0.2, -0.15) is 27.8 Å². The van der Waals surface area contributed by atoms with Crippen LogP contribution in [0.5, 0.6) is 0 Å². The van der Waals surface area contributed by atoms with Crippen molar-refractivity contribution in [1.29, 1.82) is 5.26 Å². The van der Waals surface area contributed by atoms with Gasteiger partial charge in [-0.05, 0) is 12.8 Å². The Morgan fingerprint density at radius 1 is 1.57 bits per heavy atom. The summed E-state index contributed by atoms with van der Waals surface area (Å²) in [7, 11) is -2.16. The van der Waals surface area contributed by atoms with Gasteiger partial charge in [-0.1, -0.05) is 6.92 Å². The van der Waals surface area contributed by atoms with E-state index in [1.165, 1.54) is 7.05 Å². The van der Waals surface area contributed by atoms with Crippen molar-refractivity contribution in [2.45, 2.75) is 45.2 Å². The highest BCUT2D eigenvalue weighted by molar-refractivity contribution is 7.87. The second kappa shape index (κ2) is 6.51. The van der Waals surface area contributed by atoms with Gasteiger partial charge in [0.25, 0.3) is 10.2 Å². The average Bonchev–Trinajstić information content (AvgIpc) is 2.88. The molecule has 9 heteroatoms. The minimum atomic E-state index is -3.62. The summed E-state index contributed by atoms with van der Waals surface area (Å²) in [6.07, 6.45) is 2.45. The second-order valence-corrected chi connectivity index (χ2v) is 6.82. The normalized spacial score (nSPS) is 18.5. The van der Waals surface area contributed by atoms with Gasteiger partial charge in [0.1, 0.15) is 5.82 Å². The predicted molar refractivity (Wildman–Crippen MR) is 76.3 cm³/mol. The molecule has 1 aromatic heterocycles. The summed E-state index contributed by atoms with van der Waals surface area (Å²) in [5, 5.41) is 12.9. The van der Waals surface area contributed by atoms with Crippen LogP contribution in [0, 0.1) is 11.3 Å². The maximum absolute atomic E-state index is 12.2. The molecule has 21 heavy (non-hydrogen) atoms. The summed E-state index contributed by atoms with van der Waals surface area (Å²) in [4.78, 5) is 4.41. The minimum Gasteiger partial charge on any atom is -0.248 e. The van der Waals surface area contributed by atoms with Crippen molar-refractivity contribution in [3.05, 3.63) is 11.6 Å². The van der Waals surface area contributed by atoms with Crippen molar-refractivity contribution in [2.75, 3.05) is 13.6 Å². The van der Waals surface area contributed by atoms with Crippen molar-refractivity contribution >= 4 is 10.2 Å². The summed E-state index contributed by atoms with van der Waals surface area (Å²) in [5.41, 5.74) is 0. The molecule has 2 rings (SSSR count). The van der Waals surface area contributed by atoms with Crippen LogP contribution in [0.15, 0.2) is 0 Å². The molecular formula is C12H20N6O2S. The molecule has 1 N–H and O–H groups in total. The number of aryl methyl sites for hydroxylation is 2. The Bertz CT molecular complexity index is 633. The molecule has 1 aliphatic rings. The molecule has 1 atom stereocenters. The van der Waals surface area contributed by atoms with Crippen molar-refractivity contribution in [1.82, 2.24) is 23.8 Å². The Hall–Kier alpha value is -1.50. The maximum atomic E-state index is 12.2. The highest BCUT2D eigenvalue weighted by Gasteiger charge is 2.29. The van der Waals surface area contributed by atoms with E-state index in [2.05, 4.69) is 14.8 Å². The van der Waals surface area contributed by atoms with Crippen LogP contribution < -0.4 is 4.72 Å². The third kappa shape index (κ3) is 3.58. The molecular weight excluding hydrogens is 292 g/mol. The highest BCUT2D eigenvalue weighted by atomic mass is 32.2. The molecule has 0 saturated carbocycles. The van der Waals surface area contributed by atoms with Crippen LogP contribution >= 0.6 is 0 Å². The fourth-order valence-corrected chi connectivity index (χ4v) is 3.35. The lowest BCUT2D eigenvalue weighted by molar-refractivity contribution is 0.385. The number of hydrogen-bond donors (Lipinski definition) is 1. The third-order valence-corrected chi connectivity index (χ3v) is 5.06. The van der Waals surface area contributed by atoms with Crippen LogP contribution in [0.4, 0.5) is 0 Å². The summed E-state index contributed by atoms with van der Waals surface area (Å²) in [6, 6.07) is 1.58. The number of nitriles is 1. The van der Waals surface area contributed by atoms with Crippen molar-refractivity contribution < 1.29 is 8.42 Å². The van der Waals surface area contributed by atoms with E-state index in [1.807, 2.05) is 13.0 Å². The zero-order valence-electron chi connectivity index (χ0n) is 12.3. The molecule has 8 nitrogen and oxygen atoms in total. The third-order valence-electron chi connectivity index (χ3n) is 3.47. The maximum Gasteiger partial charge on any atom is 0.279 e. The van der Waals surface area contributed by atoms with Gasteiger partial charge in [-0.3, -0.25) is 0 Å². The first kappa shape index (κ1) is 15.9. The van der Waals surface area contributed by atoms with E-state index in [0.29, 0.717) is 12.2 Å². The first-order valence-electron chi connectivity index (χ1n) is 7.02. The van der Waals surface area contributed by atoms with E-state index in [4.69, 9.17) is 5.26 Å². The fraction of sp³-hybridized carbons (Fsp3) is 0.750. The molecule has 1 aromatic rings. The molecule has 0 fully saturated rings. The molecule has 0 bridgehead atoms. The van der Waals surface area contributed by atoms with E-state index in [0.717, 1.165) is 29.5 Å². The first-order valence-corrected chi connectivity index (χ1v) is 8.46. The molecule has 1 aliphatic heterocycles. The lowest BCUT2D eigenvalue weighted by Crippen LogP contribution is -2.42. The van der Waals surface area contributed by atoms with Gasteiger partial charge in [-0.25, -0.2) is 9.67 Å². The second-order valence-electron chi connectivity index (χ2n) is 5.01. The Balaban J connectivity index is 2.14. The molecule has 0 unspecified atom stereocenters. The Morgan fingerprint density at radius 2 is 2.33 bits per heavy atom. The average molecular weight is 312 g/mol. The van der Waals surface area contributed by atoms with Crippen molar-refractivity contribution in [3.8, 4) is 6.07 Å². The topological polar surface area (TPSA) is 104 Å². The lowest BCUT2D eigenvalue weighted by Gasteiger charge is -2.25. The Kier molecular flexibility index (Phi) is 4.92. The zero-order valence-corrected chi connectivity index (χ0v) is 13.1. The van der Waals surface area contributed by atoms with Crippen LogP contribution in [0.2, 0.25) is 0 Å². The van der Waals surface area contributed by atoms with Crippen LogP contribution in [0.1, 0.15) is 43.9 Å². The van der Waals surface area contributed by atoms with Gasteiger partial charge < -0.3 is 0 Å². The van der Waals surface area contributed by atoms with E-state index in [9.17, 15) is 8.42 Å². The quantitative estimate of drug-likeness (QED) is 0.816. The van der Waals surface area contributed by atoms with Crippen LogP contribution in [-0.4, -0.2) is 41.1 Å². The monoisotopic (exact) mass is 312 g/mol. The van der Waals surface area contributed by atoms with Gasteiger partial charge in [0.05, 0.1) is 12.1 Å². The van der Waals surface area contributed by atoms with Gasteiger partial charge in [0, 0.05) is 33.0 Å². The van der Waals surface area contributed by atoms with Crippen molar-refractivity contribution in [3.63, 3.8) is 0 Å². The van der Waals surface area contributed by atoms with Crippen LogP contribution in [0.3, 0.4) is 0 Å². The Labute approximate surface area is 125 Å². The molecule has 0 amide bonds. The van der Waals surface area contributed by atoms with E-state index in [1.54, 1.807) is 4.68 Å². The molecule has 0 spiro atoms. The molecule has 116 valence electrons. The van der Waals surface area contributed by atoms with Crippen LogP contribution in [-0.2, 0) is 23.2 Å². The number of nitrogens with zero attached hydrogens (tertiary/aromatic N) is 5. The molecule has 0 saturated heterocycles. The minimum absolute atomic E-state index is 0.165. The lowest BCUT2D eigenvalue weighted by atomic mass is 10.1.